The van der Waals surface area contributed by atoms with E-state index in [1.54, 1.807) is 0 Å². The minimum absolute atomic E-state index is 0.317. The van der Waals surface area contributed by atoms with Crippen LogP contribution in [-0.2, 0) is 4.43 Å². The molecule has 0 aromatic rings. The van der Waals surface area contributed by atoms with Crippen molar-refractivity contribution < 1.29 is 4.43 Å². The van der Waals surface area contributed by atoms with Crippen LogP contribution in [0.4, 0.5) is 0 Å². The van der Waals surface area contributed by atoms with Crippen molar-refractivity contribution >= 4 is 8.32 Å². The highest BCUT2D eigenvalue weighted by atomic mass is 28.4. The number of piperazine rings is 1. The predicted molar refractivity (Wildman–Crippen MR) is 79.5 cm³/mol. The topological polar surface area (TPSA) is 24.5 Å². The van der Waals surface area contributed by atoms with Crippen LogP contribution >= 0.6 is 0 Å². The SMILES string of the molecule is CC(C)(C)[Si](C)(C)OCC1CN2CCCC2CN1. The van der Waals surface area contributed by atoms with Crippen LogP contribution in [-0.4, -0.2) is 51.5 Å². The second-order valence-corrected chi connectivity index (χ2v) is 12.3. The number of hydrogen-bond donors (Lipinski definition) is 1. The number of nitrogens with zero attached hydrogens (tertiary/aromatic N) is 1. The number of rotatable bonds is 3. The molecule has 18 heavy (non-hydrogen) atoms. The van der Waals surface area contributed by atoms with Crippen molar-refractivity contribution in [2.75, 3.05) is 26.2 Å². The second kappa shape index (κ2) is 5.23. The molecule has 0 spiro atoms. The fourth-order valence-electron chi connectivity index (χ4n) is 2.65. The average Bonchev–Trinajstić information content (AvgIpc) is 2.71. The molecular formula is C14H30N2OSi. The van der Waals surface area contributed by atoms with Crippen molar-refractivity contribution in [1.82, 2.24) is 10.2 Å². The van der Waals surface area contributed by atoms with E-state index in [0.717, 1.165) is 19.2 Å². The molecule has 1 N–H and O–H groups in total. The van der Waals surface area contributed by atoms with Crippen molar-refractivity contribution in [2.24, 2.45) is 0 Å². The molecule has 0 aromatic heterocycles. The highest BCUT2D eigenvalue weighted by Crippen LogP contribution is 2.36. The first-order valence-electron chi connectivity index (χ1n) is 7.41. The first-order valence-corrected chi connectivity index (χ1v) is 10.3. The Morgan fingerprint density at radius 1 is 1.33 bits per heavy atom. The van der Waals surface area contributed by atoms with Gasteiger partial charge in [-0.05, 0) is 37.5 Å². The lowest BCUT2D eigenvalue weighted by Crippen LogP contribution is -2.56. The Balaban J connectivity index is 1.81. The van der Waals surface area contributed by atoms with Gasteiger partial charge in [-0.25, -0.2) is 0 Å². The van der Waals surface area contributed by atoms with E-state index < -0.39 is 8.32 Å². The minimum atomic E-state index is -1.58. The molecule has 2 atom stereocenters. The summed E-state index contributed by atoms with van der Waals surface area (Å²) >= 11 is 0. The third-order valence-corrected chi connectivity index (χ3v) is 9.55. The van der Waals surface area contributed by atoms with Crippen LogP contribution in [0.3, 0.4) is 0 Å². The molecule has 2 fully saturated rings. The van der Waals surface area contributed by atoms with E-state index in [-0.39, 0.29) is 0 Å². The van der Waals surface area contributed by atoms with E-state index in [0.29, 0.717) is 11.1 Å². The van der Waals surface area contributed by atoms with E-state index >= 15 is 0 Å². The fraction of sp³-hybridized carbons (Fsp3) is 1.00. The van der Waals surface area contributed by atoms with E-state index in [1.165, 1.54) is 25.9 Å². The molecule has 2 saturated heterocycles. The largest absolute Gasteiger partial charge is 0.415 e. The molecule has 0 saturated carbocycles. The molecule has 2 aliphatic heterocycles. The van der Waals surface area contributed by atoms with Crippen molar-refractivity contribution in [3.8, 4) is 0 Å². The molecule has 3 nitrogen and oxygen atoms in total. The van der Waals surface area contributed by atoms with Crippen LogP contribution in [0, 0.1) is 0 Å². The molecule has 0 aromatic carbocycles. The lowest BCUT2D eigenvalue weighted by atomic mass is 10.1. The Morgan fingerprint density at radius 2 is 2.06 bits per heavy atom. The van der Waals surface area contributed by atoms with Gasteiger partial charge in [-0.3, -0.25) is 4.90 Å². The zero-order valence-electron chi connectivity index (χ0n) is 12.8. The maximum Gasteiger partial charge on any atom is 0.192 e. The summed E-state index contributed by atoms with van der Waals surface area (Å²) in [5, 5.41) is 3.99. The van der Waals surface area contributed by atoms with Crippen LogP contribution in [0.5, 0.6) is 0 Å². The minimum Gasteiger partial charge on any atom is -0.415 e. The first-order chi connectivity index (χ1) is 8.29. The van der Waals surface area contributed by atoms with Gasteiger partial charge < -0.3 is 9.74 Å². The van der Waals surface area contributed by atoms with Crippen LogP contribution in [0.15, 0.2) is 0 Å². The summed E-state index contributed by atoms with van der Waals surface area (Å²) in [6.45, 7) is 16.1. The normalized spacial score (nSPS) is 30.5. The first kappa shape index (κ1) is 14.5. The summed E-state index contributed by atoms with van der Waals surface area (Å²) in [6.07, 6.45) is 2.75. The monoisotopic (exact) mass is 270 g/mol. The molecular weight excluding hydrogens is 240 g/mol. The molecule has 2 heterocycles. The predicted octanol–water partition coefficient (Wildman–Crippen LogP) is 2.44. The van der Waals surface area contributed by atoms with Gasteiger partial charge in [-0.2, -0.15) is 0 Å². The van der Waals surface area contributed by atoms with Gasteiger partial charge in [0.05, 0.1) is 6.61 Å². The standard InChI is InChI=1S/C14H30N2OSi/c1-14(2,3)18(4,5)17-11-12-10-16-8-6-7-13(16)9-15-12/h12-13,15H,6-11H2,1-5H3. The maximum atomic E-state index is 6.33. The third kappa shape index (κ3) is 3.16. The van der Waals surface area contributed by atoms with Gasteiger partial charge in [-0.15, -0.1) is 0 Å². The molecule has 2 unspecified atom stereocenters. The average molecular weight is 270 g/mol. The Bertz CT molecular complexity index is 288. The Labute approximate surface area is 113 Å². The molecule has 2 aliphatic rings. The Kier molecular flexibility index (Phi) is 4.22. The van der Waals surface area contributed by atoms with Crippen molar-refractivity contribution in [3.63, 3.8) is 0 Å². The highest BCUT2D eigenvalue weighted by Gasteiger charge is 2.38. The number of nitrogens with one attached hydrogen (secondary N) is 1. The van der Waals surface area contributed by atoms with E-state index in [2.05, 4.69) is 44.1 Å². The summed E-state index contributed by atoms with van der Waals surface area (Å²) in [5.41, 5.74) is 0. The Morgan fingerprint density at radius 3 is 2.72 bits per heavy atom. The van der Waals surface area contributed by atoms with Gasteiger partial charge in [0, 0.05) is 25.2 Å². The lowest BCUT2D eigenvalue weighted by molar-refractivity contribution is 0.133. The number of hydrogen-bond acceptors (Lipinski definition) is 3. The van der Waals surface area contributed by atoms with Crippen LogP contribution in [0.2, 0.25) is 18.1 Å². The summed E-state index contributed by atoms with van der Waals surface area (Å²) in [7, 11) is -1.58. The van der Waals surface area contributed by atoms with Crippen LogP contribution in [0.1, 0.15) is 33.6 Å². The summed E-state index contributed by atoms with van der Waals surface area (Å²) in [6, 6.07) is 1.34. The molecule has 0 radical (unpaired) electrons. The van der Waals surface area contributed by atoms with Crippen LogP contribution < -0.4 is 5.32 Å². The van der Waals surface area contributed by atoms with Gasteiger partial charge in [0.25, 0.3) is 0 Å². The smallest absolute Gasteiger partial charge is 0.192 e. The van der Waals surface area contributed by atoms with Crippen LogP contribution in [0.25, 0.3) is 0 Å². The molecule has 0 bridgehead atoms. The Hall–Kier alpha value is 0.0969. The molecule has 106 valence electrons. The van der Waals surface area contributed by atoms with E-state index in [9.17, 15) is 0 Å². The molecule has 0 amide bonds. The zero-order chi connectivity index (χ0) is 13.4. The quantitative estimate of drug-likeness (QED) is 0.797. The molecule has 0 aliphatic carbocycles. The van der Waals surface area contributed by atoms with E-state index in [4.69, 9.17) is 4.43 Å². The van der Waals surface area contributed by atoms with Gasteiger partial charge >= 0.3 is 0 Å². The van der Waals surface area contributed by atoms with Gasteiger partial charge in [0.15, 0.2) is 8.32 Å². The summed E-state index contributed by atoms with van der Waals surface area (Å²) < 4.78 is 6.33. The van der Waals surface area contributed by atoms with Gasteiger partial charge in [0.2, 0.25) is 0 Å². The van der Waals surface area contributed by atoms with Crippen molar-refractivity contribution in [1.29, 1.82) is 0 Å². The number of fused-ring (bicyclic) bond motifs is 1. The van der Waals surface area contributed by atoms with Crippen molar-refractivity contribution in [3.05, 3.63) is 0 Å². The lowest BCUT2D eigenvalue weighted by Gasteiger charge is -2.40. The second-order valence-electron chi connectivity index (χ2n) is 7.47. The highest BCUT2D eigenvalue weighted by molar-refractivity contribution is 6.74. The van der Waals surface area contributed by atoms with E-state index in [1.807, 2.05) is 0 Å². The van der Waals surface area contributed by atoms with Gasteiger partial charge in [0.1, 0.15) is 0 Å². The molecule has 4 heteroatoms. The fourth-order valence-corrected chi connectivity index (χ4v) is 3.70. The summed E-state index contributed by atoms with van der Waals surface area (Å²) in [5.74, 6) is 0. The maximum absolute atomic E-state index is 6.33. The zero-order valence-corrected chi connectivity index (χ0v) is 13.8. The molecule has 2 rings (SSSR count). The van der Waals surface area contributed by atoms with Crippen molar-refractivity contribution in [2.45, 2.75) is 63.8 Å². The third-order valence-electron chi connectivity index (χ3n) is 5.05. The van der Waals surface area contributed by atoms with Gasteiger partial charge in [-0.1, -0.05) is 20.8 Å². The summed E-state index contributed by atoms with van der Waals surface area (Å²) in [4.78, 5) is 2.65.